The minimum atomic E-state index is -1.36. The first-order valence-electron chi connectivity index (χ1n) is 10.7. The van der Waals surface area contributed by atoms with Crippen molar-refractivity contribution in [3.63, 3.8) is 0 Å². The van der Waals surface area contributed by atoms with Crippen LogP contribution in [0.4, 0.5) is 0 Å². The number of aliphatic carboxylic acids is 2. The third-order valence-corrected chi connectivity index (χ3v) is 4.99. The van der Waals surface area contributed by atoms with Crippen LogP contribution in [-0.4, -0.2) is 74.0 Å². The molecular weight excluding hydrogens is 460 g/mol. The van der Waals surface area contributed by atoms with E-state index in [2.05, 4.69) is 25.9 Å². The zero-order chi connectivity index (χ0) is 26.0. The molecule has 35 heavy (non-hydrogen) atoms. The van der Waals surface area contributed by atoms with E-state index in [1.54, 1.807) is 30.3 Å². The summed E-state index contributed by atoms with van der Waals surface area (Å²) in [6.45, 7) is 1.34. The predicted molar refractivity (Wildman–Crippen MR) is 122 cm³/mol. The van der Waals surface area contributed by atoms with Gasteiger partial charge in [-0.15, -0.1) is 0 Å². The molecule has 13 heteroatoms. The van der Waals surface area contributed by atoms with Crippen LogP contribution in [0.1, 0.15) is 24.6 Å². The normalized spacial score (nSPS) is 14.1. The maximum Gasteiger partial charge on any atom is 0.326 e. The molecule has 3 amide bonds. The smallest absolute Gasteiger partial charge is 0.326 e. The van der Waals surface area contributed by atoms with Crippen LogP contribution in [0.25, 0.3) is 0 Å². The molecule has 13 nitrogen and oxygen atoms in total. The van der Waals surface area contributed by atoms with E-state index in [0.717, 1.165) is 0 Å². The third-order valence-electron chi connectivity index (χ3n) is 4.99. The van der Waals surface area contributed by atoms with Gasteiger partial charge in [0.25, 0.3) is 0 Å². The molecular formula is C22H28N6O7. The summed E-state index contributed by atoms with van der Waals surface area (Å²) in [6.07, 6.45) is 2.19. The molecule has 1 aromatic heterocycles. The molecule has 188 valence electrons. The van der Waals surface area contributed by atoms with Crippen LogP contribution in [0.2, 0.25) is 0 Å². The quantitative estimate of drug-likeness (QED) is 0.175. The maximum absolute atomic E-state index is 13.0. The van der Waals surface area contributed by atoms with Gasteiger partial charge < -0.3 is 36.9 Å². The number of amides is 3. The highest BCUT2D eigenvalue weighted by Crippen LogP contribution is 2.06. The van der Waals surface area contributed by atoms with E-state index in [0.29, 0.717) is 11.3 Å². The molecule has 0 aliphatic carbocycles. The first-order valence-corrected chi connectivity index (χ1v) is 10.7. The fourth-order valence-electron chi connectivity index (χ4n) is 3.11. The highest BCUT2D eigenvalue weighted by Gasteiger charge is 2.29. The van der Waals surface area contributed by atoms with Crippen molar-refractivity contribution in [3.05, 3.63) is 54.1 Å². The zero-order valence-electron chi connectivity index (χ0n) is 18.9. The molecule has 8 N–H and O–H groups in total. The van der Waals surface area contributed by atoms with Crippen molar-refractivity contribution in [2.24, 2.45) is 5.73 Å². The maximum atomic E-state index is 13.0. The lowest BCUT2D eigenvalue weighted by atomic mass is 10.0. The van der Waals surface area contributed by atoms with Crippen molar-refractivity contribution >= 4 is 29.7 Å². The number of nitrogens with two attached hydrogens (primary N) is 1. The van der Waals surface area contributed by atoms with Gasteiger partial charge in [-0.1, -0.05) is 30.3 Å². The molecule has 2 aromatic rings. The summed E-state index contributed by atoms with van der Waals surface area (Å²) in [6, 6.07) is 3.79. The minimum absolute atomic E-state index is 0.0496. The molecule has 0 saturated carbocycles. The molecule has 0 bridgehead atoms. The number of rotatable bonds is 13. The van der Waals surface area contributed by atoms with Crippen LogP contribution >= 0.6 is 0 Å². The van der Waals surface area contributed by atoms with Gasteiger partial charge >= 0.3 is 11.9 Å². The van der Waals surface area contributed by atoms with Crippen LogP contribution in [-0.2, 0) is 36.8 Å². The Balaban J connectivity index is 2.11. The van der Waals surface area contributed by atoms with E-state index >= 15 is 0 Å². The fraction of sp³-hybridized carbons (Fsp3) is 0.364. The number of hydrogen-bond donors (Lipinski definition) is 7. The van der Waals surface area contributed by atoms with Gasteiger partial charge in [0.2, 0.25) is 17.7 Å². The molecule has 0 spiro atoms. The van der Waals surface area contributed by atoms with Gasteiger partial charge in [-0.3, -0.25) is 19.2 Å². The van der Waals surface area contributed by atoms with Gasteiger partial charge in [-0.2, -0.15) is 0 Å². The van der Waals surface area contributed by atoms with Gasteiger partial charge in [-0.05, 0) is 12.5 Å². The lowest BCUT2D eigenvalue weighted by molar-refractivity contribution is -0.142. The molecule has 0 aliphatic heterocycles. The topological polar surface area (TPSA) is 217 Å². The molecule has 0 radical (unpaired) electrons. The number of carboxylic acids is 2. The largest absolute Gasteiger partial charge is 0.481 e. The minimum Gasteiger partial charge on any atom is -0.481 e. The van der Waals surface area contributed by atoms with Gasteiger partial charge in [-0.25, -0.2) is 9.78 Å². The first kappa shape index (κ1) is 27.0. The number of carboxylic acid groups (broad SMARTS) is 2. The number of imidazole rings is 1. The van der Waals surface area contributed by atoms with Crippen molar-refractivity contribution in [2.75, 3.05) is 0 Å². The second kappa shape index (κ2) is 12.8. The summed E-state index contributed by atoms with van der Waals surface area (Å²) in [5.41, 5.74) is 6.70. The number of carbonyl (C=O) groups excluding carboxylic acids is 3. The van der Waals surface area contributed by atoms with Crippen molar-refractivity contribution in [1.29, 1.82) is 0 Å². The Labute approximate surface area is 200 Å². The predicted octanol–water partition coefficient (Wildman–Crippen LogP) is -1.44. The highest BCUT2D eigenvalue weighted by atomic mass is 16.4. The highest BCUT2D eigenvalue weighted by molar-refractivity contribution is 5.94. The van der Waals surface area contributed by atoms with Gasteiger partial charge in [0, 0.05) is 24.7 Å². The summed E-state index contributed by atoms with van der Waals surface area (Å²) in [7, 11) is 0. The van der Waals surface area contributed by atoms with E-state index in [4.69, 9.17) is 10.8 Å². The number of benzene rings is 1. The van der Waals surface area contributed by atoms with E-state index in [9.17, 15) is 29.1 Å². The van der Waals surface area contributed by atoms with Crippen molar-refractivity contribution < 1.29 is 34.2 Å². The second-order valence-electron chi connectivity index (χ2n) is 7.87. The van der Waals surface area contributed by atoms with Crippen LogP contribution in [0.15, 0.2) is 42.9 Å². The summed E-state index contributed by atoms with van der Waals surface area (Å²) in [5.74, 6) is -4.87. The fourth-order valence-corrected chi connectivity index (χ4v) is 3.11. The number of aromatic amines is 1. The lowest BCUT2D eigenvalue weighted by Crippen LogP contribution is -2.57. The number of nitrogens with zero attached hydrogens (tertiary/aromatic N) is 1. The Kier molecular flexibility index (Phi) is 9.90. The van der Waals surface area contributed by atoms with Crippen LogP contribution in [0, 0.1) is 0 Å². The molecule has 0 aliphatic rings. The van der Waals surface area contributed by atoms with E-state index in [-0.39, 0.29) is 12.8 Å². The van der Waals surface area contributed by atoms with Gasteiger partial charge in [0.15, 0.2) is 0 Å². The first-order chi connectivity index (χ1) is 16.6. The second-order valence-corrected chi connectivity index (χ2v) is 7.87. The summed E-state index contributed by atoms with van der Waals surface area (Å²) >= 11 is 0. The molecule has 0 saturated heterocycles. The van der Waals surface area contributed by atoms with E-state index in [1.807, 2.05) is 0 Å². The summed E-state index contributed by atoms with van der Waals surface area (Å²) in [4.78, 5) is 66.8. The average Bonchev–Trinajstić information content (AvgIpc) is 3.31. The molecule has 1 aromatic carbocycles. The molecule has 2 rings (SSSR count). The summed E-state index contributed by atoms with van der Waals surface area (Å²) < 4.78 is 0. The van der Waals surface area contributed by atoms with E-state index in [1.165, 1.54) is 19.4 Å². The van der Waals surface area contributed by atoms with Crippen molar-refractivity contribution in [3.8, 4) is 0 Å². The molecule has 0 fully saturated rings. The monoisotopic (exact) mass is 488 g/mol. The Hall–Kier alpha value is -4.26. The Morgan fingerprint density at radius 1 is 0.943 bits per heavy atom. The summed E-state index contributed by atoms with van der Waals surface area (Å²) in [5, 5.41) is 25.5. The molecule has 1 heterocycles. The van der Waals surface area contributed by atoms with Crippen molar-refractivity contribution in [2.45, 2.75) is 50.4 Å². The third kappa shape index (κ3) is 8.89. The van der Waals surface area contributed by atoms with Crippen LogP contribution in [0.5, 0.6) is 0 Å². The number of carbonyl (C=O) groups is 5. The Bertz CT molecular complexity index is 1030. The Morgan fingerprint density at radius 3 is 2.17 bits per heavy atom. The number of hydrogen-bond acceptors (Lipinski definition) is 7. The standard InChI is InChI=1S/C22H28N6O7/c1-12(26-20(32)15(23)9-18(29)30)19(31)27-16(7-13-5-3-2-4-6-13)21(33)28-17(22(34)35)8-14-10-24-11-25-14/h2-6,10-12,15-17H,7-9,23H2,1H3,(H,24,25)(H,26,32)(H,27,31)(H,28,33)(H,29,30)(H,34,35). The van der Waals surface area contributed by atoms with Crippen LogP contribution < -0.4 is 21.7 Å². The van der Waals surface area contributed by atoms with Crippen molar-refractivity contribution in [1.82, 2.24) is 25.9 Å². The van der Waals surface area contributed by atoms with Crippen LogP contribution in [0.3, 0.4) is 0 Å². The number of aromatic nitrogens is 2. The zero-order valence-corrected chi connectivity index (χ0v) is 18.9. The van der Waals surface area contributed by atoms with E-state index < -0.39 is 60.2 Å². The van der Waals surface area contributed by atoms with Gasteiger partial charge in [0.05, 0.1) is 18.8 Å². The molecule has 4 unspecified atom stereocenters. The van der Waals surface area contributed by atoms with Gasteiger partial charge in [0.1, 0.15) is 18.1 Å². The average molecular weight is 489 g/mol. The lowest BCUT2D eigenvalue weighted by Gasteiger charge is -2.23. The number of nitrogens with one attached hydrogen (secondary N) is 4. The Morgan fingerprint density at radius 2 is 1.60 bits per heavy atom. The number of H-pyrrole nitrogens is 1. The molecule has 4 atom stereocenters. The SMILES string of the molecule is CC(NC(=O)C(N)CC(=O)O)C(=O)NC(Cc1ccccc1)C(=O)NC(Cc1cnc[nH]1)C(=O)O.